The molecule has 1 aromatic heterocycles. The summed E-state index contributed by atoms with van der Waals surface area (Å²) < 4.78 is 0. The summed E-state index contributed by atoms with van der Waals surface area (Å²) in [5.74, 6) is -0.813. The molecule has 0 saturated heterocycles. The molecule has 0 unspecified atom stereocenters. The number of nitrogens with two attached hydrogens (primary N) is 1. The van der Waals surface area contributed by atoms with Gasteiger partial charge in [-0.25, -0.2) is 0 Å². The number of nitrogens with zero attached hydrogens (tertiary/aromatic N) is 2. The number of para-hydroxylation sites is 1. The number of anilines is 2. The Labute approximate surface area is 115 Å². The molecule has 0 fully saturated rings. The normalized spacial score (nSPS) is 10.1. The first-order valence-corrected chi connectivity index (χ1v) is 5.91. The van der Waals surface area contributed by atoms with Crippen LogP contribution in [0.2, 0.25) is 0 Å². The number of carbonyl (C=O) groups excluding carboxylic acids is 2. The van der Waals surface area contributed by atoms with Crippen LogP contribution in [0.1, 0.15) is 20.7 Å². The number of hydrogen-bond acceptors (Lipinski definition) is 4. The molecule has 0 aliphatic carbocycles. The number of primary amides is 1. The molecule has 104 valence electrons. The van der Waals surface area contributed by atoms with Crippen molar-refractivity contribution in [2.45, 2.75) is 0 Å². The number of nitrogens with one attached hydrogen (secondary N) is 2. The first kappa shape index (κ1) is 13.6. The van der Waals surface area contributed by atoms with E-state index < -0.39 is 5.91 Å². The summed E-state index contributed by atoms with van der Waals surface area (Å²) in [4.78, 5) is 25.3. The third-order valence-electron chi connectivity index (χ3n) is 2.77. The van der Waals surface area contributed by atoms with E-state index in [9.17, 15) is 9.59 Å². The Hall–Kier alpha value is -2.83. The van der Waals surface area contributed by atoms with Gasteiger partial charge in [-0.15, -0.1) is 0 Å². The van der Waals surface area contributed by atoms with Crippen LogP contribution in [0.3, 0.4) is 0 Å². The monoisotopic (exact) mass is 273 g/mol. The highest BCUT2D eigenvalue weighted by molar-refractivity contribution is 6.10. The lowest BCUT2D eigenvalue weighted by atomic mass is 10.1. The van der Waals surface area contributed by atoms with Crippen LogP contribution in [0.5, 0.6) is 0 Å². The Balaban J connectivity index is 2.29. The molecule has 20 heavy (non-hydrogen) atoms. The minimum Gasteiger partial charge on any atom is -0.377 e. The molecule has 0 aliphatic rings. The largest absolute Gasteiger partial charge is 0.377 e. The van der Waals surface area contributed by atoms with Gasteiger partial charge in [-0.3, -0.25) is 14.7 Å². The Bertz CT molecular complexity index is 648. The fourth-order valence-electron chi connectivity index (χ4n) is 1.80. The lowest BCUT2D eigenvalue weighted by Gasteiger charge is -2.16. The minimum absolute atomic E-state index is 0.140. The molecular formula is C13H15N5O2. The van der Waals surface area contributed by atoms with Gasteiger partial charge in [0.1, 0.15) is 11.4 Å². The van der Waals surface area contributed by atoms with E-state index in [1.54, 1.807) is 12.1 Å². The first-order valence-electron chi connectivity index (χ1n) is 5.91. The predicted molar refractivity (Wildman–Crippen MR) is 75.8 cm³/mol. The second-order valence-electron chi connectivity index (χ2n) is 4.39. The van der Waals surface area contributed by atoms with Gasteiger partial charge in [0.15, 0.2) is 0 Å². The van der Waals surface area contributed by atoms with E-state index in [2.05, 4.69) is 15.5 Å². The lowest BCUT2D eigenvalue weighted by molar-refractivity contribution is 0.100. The molecule has 0 bridgehead atoms. The highest BCUT2D eigenvalue weighted by Gasteiger charge is 2.16. The van der Waals surface area contributed by atoms with Crippen molar-refractivity contribution < 1.29 is 9.59 Å². The maximum atomic E-state index is 12.3. The van der Waals surface area contributed by atoms with Gasteiger partial charge in [0.25, 0.3) is 11.8 Å². The van der Waals surface area contributed by atoms with Crippen molar-refractivity contribution in [2.24, 2.45) is 5.73 Å². The number of carbonyl (C=O) groups is 2. The summed E-state index contributed by atoms with van der Waals surface area (Å²) in [6.45, 7) is 0. The molecule has 7 heteroatoms. The lowest BCUT2D eigenvalue weighted by Crippen LogP contribution is -2.20. The Morgan fingerprint density at radius 1 is 1.25 bits per heavy atom. The molecule has 0 atom stereocenters. The molecule has 1 aromatic carbocycles. The summed E-state index contributed by atoms with van der Waals surface area (Å²) >= 11 is 0. The molecule has 0 radical (unpaired) electrons. The molecule has 4 N–H and O–H groups in total. The summed E-state index contributed by atoms with van der Waals surface area (Å²) in [5, 5.41) is 8.84. The molecule has 2 rings (SSSR count). The number of amides is 2. The van der Waals surface area contributed by atoms with E-state index in [1.807, 2.05) is 31.1 Å². The fraction of sp³-hybridized carbons (Fsp3) is 0.154. The van der Waals surface area contributed by atoms with Crippen LogP contribution in [0.4, 0.5) is 11.5 Å². The third-order valence-corrected chi connectivity index (χ3v) is 2.77. The molecule has 0 spiro atoms. The highest BCUT2D eigenvalue weighted by Crippen LogP contribution is 2.20. The minimum atomic E-state index is -0.657. The Kier molecular flexibility index (Phi) is 3.69. The van der Waals surface area contributed by atoms with E-state index >= 15 is 0 Å². The summed E-state index contributed by atoms with van der Waals surface area (Å²) in [5.41, 5.74) is 6.59. The molecular weight excluding hydrogens is 258 g/mol. The Morgan fingerprint density at radius 3 is 2.60 bits per heavy atom. The van der Waals surface area contributed by atoms with Gasteiger partial charge in [-0.05, 0) is 12.1 Å². The van der Waals surface area contributed by atoms with E-state index in [0.29, 0.717) is 5.56 Å². The summed E-state index contributed by atoms with van der Waals surface area (Å²) in [7, 11) is 3.69. The maximum absolute atomic E-state index is 12.3. The van der Waals surface area contributed by atoms with Crippen LogP contribution in [0.25, 0.3) is 0 Å². The Morgan fingerprint density at radius 2 is 1.95 bits per heavy atom. The van der Waals surface area contributed by atoms with E-state index in [4.69, 9.17) is 5.73 Å². The highest BCUT2D eigenvalue weighted by atomic mass is 16.2. The van der Waals surface area contributed by atoms with Crippen molar-refractivity contribution in [3.05, 3.63) is 41.6 Å². The molecule has 0 saturated carbocycles. The number of aromatic nitrogens is 2. The van der Waals surface area contributed by atoms with E-state index in [0.717, 1.165) is 5.69 Å². The SMILES string of the molecule is CN(C)c1ccccc1C(=O)Nc1[nH]ncc1C(N)=O. The molecule has 2 aromatic rings. The predicted octanol–water partition coefficient (Wildman–Crippen LogP) is 0.827. The van der Waals surface area contributed by atoms with Crippen molar-refractivity contribution in [3.8, 4) is 0 Å². The van der Waals surface area contributed by atoms with Gasteiger partial charge in [0, 0.05) is 19.8 Å². The topological polar surface area (TPSA) is 104 Å². The van der Waals surface area contributed by atoms with Crippen molar-refractivity contribution in [3.63, 3.8) is 0 Å². The van der Waals surface area contributed by atoms with Crippen LogP contribution >= 0.6 is 0 Å². The second kappa shape index (κ2) is 5.43. The van der Waals surface area contributed by atoms with Gasteiger partial charge in [-0.2, -0.15) is 5.10 Å². The maximum Gasteiger partial charge on any atom is 0.258 e. The third kappa shape index (κ3) is 2.61. The number of rotatable bonds is 4. The van der Waals surface area contributed by atoms with E-state index in [-0.39, 0.29) is 17.3 Å². The van der Waals surface area contributed by atoms with Gasteiger partial charge < -0.3 is 16.0 Å². The first-order chi connectivity index (χ1) is 9.50. The fourth-order valence-corrected chi connectivity index (χ4v) is 1.80. The zero-order chi connectivity index (χ0) is 14.7. The van der Waals surface area contributed by atoms with Crippen molar-refractivity contribution >= 4 is 23.3 Å². The number of aromatic amines is 1. The van der Waals surface area contributed by atoms with Crippen molar-refractivity contribution in [1.82, 2.24) is 10.2 Å². The molecule has 2 amide bonds. The van der Waals surface area contributed by atoms with Crippen molar-refractivity contribution in [2.75, 3.05) is 24.3 Å². The number of H-pyrrole nitrogens is 1. The van der Waals surface area contributed by atoms with E-state index in [1.165, 1.54) is 6.20 Å². The smallest absolute Gasteiger partial charge is 0.258 e. The van der Waals surface area contributed by atoms with Crippen LogP contribution < -0.4 is 16.0 Å². The van der Waals surface area contributed by atoms with Crippen LogP contribution in [-0.4, -0.2) is 36.1 Å². The van der Waals surface area contributed by atoms with Gasteiger partial charge in [0.05, 0.1) is 11.8 Å². The van der Waals surface area contributed by atoms with Gasteiger partial charge in [-0.1, -0.05) is 12.1 Å². The molecule has 7 nitrogen and oxygen atoms in total. The summed E-state index contributed by atoms with van der Waals surface area (Å²) in [6.07, 6.45) is 1.27. The van der Waals surface area contributed by atoms with Crippen LogP contribution in [-0.2, 0) is 0 Å². The standard InChI is InChI=1S/C13H15N5O2/c1-18(2)10-6-4-3-5-8(10)13(20)16-12-9(11(14)19)7-15-17-12/h3-7H,1-2H3,(H2,14,19)(H2,15,16,17,20). The quantitative estimate of drug-likeness (QED) is 0.767. The zero-order valence-corrected chi connectivity index (χ0v) is 11.2. The summed E-state index contributed by atoms with van der Waals surface area (Å²) in [6, 6.07) is 7.14. The second-order valence-corrected chi connectivity index (χ2v) is 4.39. The average molecular weight is 273 g/mol. The van der Waals surface area contributed by atoms with Crippen molar-refractivity contribution in [1.29, 1.82) is 0 Å². The van der Waals surface area contributed by atoms with Crippen LogP contribution in [0, 0.1) is 0 Å². The van der Waals surface area contributed by atoms with Gasteiger partial charge in [0.2, 0.25) is 0 Å². The number of benzene rings is 1. The molecule has 0 aliphatic heterocycles. The van der Waals surface area contributed by atoms with Crippen LogP contribution in [0.15, 0.2) is 30.5 Å². The number of hydrogen-bond donors (Lipinski definition) is 3. The van der Waals surface area contributed by atoms with Gasteiger partial charge >= 0.3 is 0 Å². The molecule has 1 heterocycles. The average Bonchev–Trinajstić information content (AvgIpc) is 2.87. The zero-order valence-electron chi connectivity index (χ0n) is 11.2.